The first kappa shape index (κ1) is 14.1. The smallest absolute Gasteiger partial charge is 0.338 e. The molecule has 1 amide bonds. The van der Waals surface area contributed by atoms with Crippen LogP contribution >= 0.6 is 0 Å². The molecule has 1 fully saturated rings. The third-order valence-electron chi connectivity index (χ3n) is 3.30. The van der Waals surface area contributed by atoms with Gasteiger partial charge >= 0.3 is 5.97 Å². The van der Waals surface area contributed by atoms with Gasteiger partial charge in [-0.3, -0.25) is 4.79 Å². The minimum Gasteiger partial charge on any atom is -0.452 e. The van der Waals surface area contributed by atoms with E-state index in [2.05, 4.69) is 5.32 Å². The second-order valence-electron chi connectivity index (χ2n) is 4.81. The molecule has 2 rings (SSSR count). The van der Waals surface area contributed by atoms with Crippen LogP contribution in [0.2, 0.25) is 0 Å². The molecule has 0 spiro atoms. The van der Waals surface area contributed by atoms with E-state index in [-0.39, 0.29) is 18.6 Å². The number of hydrogen-bond donors (Lipinski definition) is 1. The molecule has 104 valence electrons. The highest BCUT2D eigenvalue weighted by Crippen LogP contribution is 2.17. The standard InChI is InChI=1S/C15H16N2O3/c16-9-11-5-7-12(8-6-11)15(19)20-10-14(18)17-13-3-1-2-4-13/h5-8,13H,1-4,10H2,(H,17,18). The highest BCUT2D eigenvalue weighted by atomic mass is 16.5. The highest BCUT2D eigenvalue weighted by molar-refractivity contribution is 5.91. The maximum Gasteiger partial charge on any atom is 0.338 e. The van der Waals surface area contributed by atoms with E-state index in [0.717, 1.165) is 25.7 Å². The van der Waals surface area contributed by atoms with Crippen LogP contribution in [-0.2, 0) is 9.53 Å². The van der Waals surface area contributed by atoms with Gasteiger partial charge in [-0.05, 0) is 37.1 Å². The van der Waals surface area contributed by atoms with E-state index < -0.39 is 5.97 Å². The molecule has 0 heterocycles. The molecule has 0 radical (unpaired) electrons. The molecule has 1 aromatic rings. The third kappa shape index (κ3) is 3.82. The monoisotopic (exact) mass is 272 g/mol. The van der Waals surface area contributed by atoms with Gasteiger partial charge in [0.15, 0.2) is 6.61 Å². The summed E-state index contributed by atoms with van der Waals surface area (Å²) in [5, 5.41) is 11.5. The molecule has 20 heavy (non-hydrogen) atoms. The maximum atomic E-state index is 11.7. The Labute approximate surface area is 117 Å². The number of benzene rings is 1. The fraction of sp³-hybridized carbons (Fsp3) is 0.400. The van der Waals surface area contributed by atoms with Crippen LogP contribution in [0.5, 0.6) is 0 Å². The Morgan fingerprint density at radius 2 is 1.90 bits per heavy atom. The molecule has 0 aliphatic heterocycles. The van der Waals surface area contributed by atoms with Crippen molar-refractivity contribution in [3.63, 3.8) is 0 Å². The number of esters is 1. The lowest BCUT2D eigenvalue weighted by Gasteiger charge is -2.11. The number of hydrogen-bond acceptors (Lipinski definition) is 4. The predicted octanol–water partition coefficient (Wildman–Crippen LogP) is 1.77. The SMILES string of the molecule is N#Cc1ccc(C(=O)OCC(=O)NC2CCCC2)cc1. The van der Waals surface area contributed by atoms with E-state index in [9.17, 15) is 9.59 Å². The van der Waals surface area contributed by atoms with Crippen molar-refractivity contribution in [3.8, 4) is 6.07 Å². The summed E-state index contributed by atoms with van der Waals surface area (Å²) in [4.78, 5) is 23.3. The van der Waals surface area contributed by atoms with Crippen LogP contribution in [0, 0.1) is 11.3 Å². The van der Waals surface area contributed by atoms with Gasteiger partial charge in [-0.15, -0.1) is 0 Å². The Balaban J connectivity index is 1.79. The molecule has 0 aromatic heterocycles. The summed E-state index contributed by atoms with van der Waals surface area (Å²) >= 11 is 0. The summed E-state index contributed by atoms with van der Waals surface area (Å²) in [6.07, 6.45) is 4.26. The van der Waals surface area contributed by atoms with Gasteiger partial charge in [-0.1, -0.05) is 12.8 Å². The fourth-order valence-electron chi connectivity index (χ4n) is 2.23. The van der Waals surface area contributed by atoms with E-state index in [1.54, 1.807) is 0 Å². The molecule has 0 atom stereocenters. The number of nitriles is 1. The van der Waals surface area contributed by atoms with Gasteiger partial charge in [-0.25, -0.2) is 4.79 Å². The first-order chi connectivity index (χ1) is 9.69. The molecule has 5 nitrogen and oxygen atoms in total. The van der Waals surface area contributed by atoms with Crippen molar-refractivity contribution in [3.05, 3.63) is 35.4 Å². The van der Waals surface area contributed by atoms with Crippen molar-refractivity contribution < 1.29 is 14.3 Å². The largest absolute Gasteiger partial charge is 0.452 e. The molecular weight excluding hydrogens is 256 g/mol. The van der Waals surface area contributed by atoms with E-state index >= 15 is 0 Å². The molecule has 5 heteroatoms. The predicted molar refractivity (Wildman–Crippen MR) is 71.8 cm³/mol. The third-order valence-corrected chi connectivity index (χ3v) is 3.30. The van der Waals surface area contributed by atoms with Crippen LogP contribution in [0.4, 0.5) is 0 Å². The number of amides is 1. The number of nitrogens with one attached hydrogen (secondary N) is 1. The van der Waals surface area contributed by atoms with E-state index in [4.69, 9.17) is 10.00 Å². The summed E-state index contributed by atoms with van der Waals surface area (Å²) in [7, 11) is 0. The minimum atomic E-state index is -0.559. The number of carbonyl (C=O) groups is 2. The summed E-state index contributed by atoms with van der Waals surface area (Å²) in [5.41, 5.74) is 0.804. The Morgan fingerprint density at radius 1 is 1.25 bits per heavy atom. The van der Waals surface area contributed by atoms with E-state index in [1.165, 1.54) is 24.3 Å². The van der Waals surface area contributed by atoms with Crippen molar-refractivity contribution in [2.45, 2.75) is 31.7 Å². The van der Waals surface area contributed by atoms with Gasteiger partial charge in [0.05, 0.1) is 17.2 Å². The number of ether oxygens (including phenoxy) is 1. The molecule has 0 unspecified atom stereocenters. The Morgan fingerprint density at radius 3 is 2.50 bits per heavy atom. The summed E-state index contributed by atoms with van der Waals surface area (Å²) in [6.45, 7) is -0.269. The molecule has 1 saturated carbocycles. The zero-order chi connectivity index (χ0) is 14.4. The van der Waals surface area contributed by atoms with Crippen molar-refractivity contribution in [2.75, 3.05) is 6.61 Å². The number of carbonyl (C=O) groups excluding carboxylic acids is 2. The molecule has 1 aromatic carbocycles. The molecule has 0 bridgehead atoms. The first-order valence-electron chi connectivity index (χ1n) is 6.65. The van der Waals surface area contributed by atoms with Crippen molar-refractivity contribution in [1.82, 2.24) is 5.32 Å². The lowest BCUT2D eigenvalue weighted by molar-refractivity contribution is -0.124. The van der Waals surface area contributed by atoms with Crippen LogP contribution in [0.25, 0.3) is 0 Å². The second-order valence-corrected chi connectivity index (χ2v) is 4.81. The van der Waals surface area contributed by atoms with E-state index in [1.807, 2.05) is 6.07 Å². The van der Waals surface area contributed by atoms with Gasteiger partial charge in [0.1, 0.15) is 0 Å². The molecule has 1 aliphatic rings. The summed E-state index contributed by atoms with van der Waals surface area (Å²) in [5.74, 6) is -0.824. The summed E-state index contributed by atoms with van der Waals surface area (Å²) in [6, 6.07) is 8.28. The maximum absolute atomic E-state index is 11.7. The Bertz CT molecular complexity index is 525. The zero-order valence-corrected chi connectivity index (χ0v) is 11.1. The first-order valence-corrected chi connectivity index (χ1v) is 6.65. The Hall–Kier alpha value is -2.35. The lowest BCUT2D eigenvalue weighted by atomic mass is 10.1. The zero-order valence-electron chi connectivity index (χ0n) is 11.1. The second kappa shape index (κ2) is 6.71. The van der Waals surface area contributed by atoms with Gasteiger partial charge in [0, 0.05) is 6.04 Å². The average Bonchev–Trinajstić information content (AvgIpc) is 2.97. The Kier molecular flexibility index (Phi) is 4.72. The lowest BCUT2D eigenvalue weighted by Crippen LogP contribution is -2.35. The van der Waals surface area contributed by atoms with Crippen LogP contribution in [-0.4, -0.2) is 24.5 Å². The van der Waals surface area contributed by atoms with Crippen LogP contribution < -0.4 is 5.32 Å². The van der Waals surface area contributed by atoms with Crippen LogP contribution in [0.1, 0.15) is 41.6 Å². The van der Waals surface area contributed by atoms with Crippen LogP contribution in [0.15, 0.2) is 24.3 Å². The number of nitrogens with zero attached hydrogens (tertiary/aromatic N) is 1. The fourth-order valence-corrected chi connectivity index (χ4v) is 2.23. The summed E-state index contributed by atoms with van der Waals surface area (Å²) < 4.78 is 4.94. The highest BCUT2D eigenvalue weighted by Gasteiger charge is 2.18. The molecule has 0 saturated heterocycles. The van der Waals surface area contributed by atoms with Gasteiger partial charge in [0.2, 0.25) is 0 Å². The normalized spacial score (nSPS) is 14.6. The minimum absolute atomic E-state index is 0.219. The molecule has 1 aliphatic carbocycles. The number of rotatable bonds is 4. The van der Waals surface area contributed by atoms with Gasteiger partial charge in [-0.2, -0.15) is 5.26 Å². The molecular formula is C15H16N2O3. The van der Waals surface area contributed by atoms with Gasteiger partial charge < -0.3 is 10.1 Å². The van der Waals surface area contributed by atoms with Crippen LogP contribution in [0.3, 0.4) is 0 Å². The van der Waals surface area contributed by atoms with E-state index in [0.29, 0.717) is 11.1 Å². The average molecular weight is 272 g/mol. The molecule has 1 N–H and O–H groups in total. The quantitative estimate of drug-likeness (QED) is 0.847. The topological polar surface area (TPSA) is 79.2 Å². The van der Waals surface area contributed by atoms with Crippen molar-refractivity contribution >= 4 is 11.9 Å². The van der Waals surface area contributed by atoms with Crippen molar-refractivity contribution in [1.29, 1.82) is 5.26 Å². The van der Waals surface area contributed by atoms with Gasteiger partial charge in [0.25, 0.3) is 5.91 Å². The van der Waals surface area contributed by atoms with Crippen molar-refractivity contribution in [2.24, 2.45) is 0 Å².